The Morgan fingerprint density at radius 3 is 2.72 bits per heavy atom. The van der Waals surface area contributed by atoms with E-state index in [4.69, 9.17) is 5.73 Å². The molecule has 1 aromatic heterocycles. The van der Waals surface area contributed by atoms with E-state index in [1.54, 1.807) is 11.3 Å². The van der Waals surface area contributed by atoms with Crippen LogP contribution in [-0.2, 0) is 6.54 Å². The van der Waals surface area contributed by atoms with E-state index >= 15 is 0 Å². The Labute approximate surface area is 124 Å². The van der Waals surface area contributed by atoms with Crippen LogP contribution < -0.4 is 5.73 Å². The van der Waals surface area contributed by atoms with Gasteiger partial charge in [-0.3, -0.25) is 4.90 Å². The fraction of sp³-hybridized carbons (Fsp3) is 0.750. The SMILES string of the molecule is CCC1(CC)CN(Cc2cnc(N)s2)CCS1.Cl. The molecule has 1 aliphatic heterocycles. The summed E-state index contributed by atoms with van der Waals surface area (Å²) in [7, 11) is 0. The van der Waals surface area contributed by atoms with Crippen LogP contribution in [0.2, 0.25) is 0 Å². The molecule has 0 unspecified atom stereocenters. The molecule has 0 aliphatic carbocycles. The average molecular weight is 308 g/mol. The Kier molecular flexibility index (Phi) is 6.24. The number of thiazole rings is 1. The Bertz CT molecular complexity index is 366. The molecule has 1 aliphatic rings. The molecule has 2 rings (SSSR count). The van der Waals surface area contributed by atoms with Gasteiger partial charge in [-0.05, 0) is 12.8 Å². The zero-order valence-corrected chi connectivity index (χ0v) is 13.5. The summed E-state index contributed by atoms with van der Waals surface area (Å²) >= 11 is 3.77. The highest BCUT2D eigenvalue weighted by Gasteiger charge is 2.32. The molecular weight excluding hydrogens is 286 g/mol. The fourth-order valence-corrected chi connectivity index (χ4v) is 4.54. The minimum atomic E-state index is 0. The van der Waals surface area contributed by atoms with E-state index in [9.17, 15) is 0 Å². The van der Waals surface area contributed by atoms with Crippen molar-refractivity contribution in [3.05, 3.63) is 11.1 Å². The highest BCUT2D eigenvalue weighted by molar-refractivity contribution is 8.00. The third-order valence-electron chi connectivity index (χ3n) is 3.57. The van der Waals surface area contributed by atoms with Crippen molar-refractivity contribution in [2.24, 2.45) is 0 Å². The van der Waals surface area contributed by atoms with Gasteiger partial charge >= 0.3 is 0 Å². The van der Waals surface area contributed by atoms with Gasteiger partial charge in [0.2, 0.25) is 0 Å². The van der Waals surface area contributed by atoms with Crippen LogP contribution in [-0.4, -0.2) is 33.5 Å². The van der Waals surface area contributed by atoms with Crippen molar-refractivity contribution in [1.29, 1.82) is 0 Å². The maximum absolute atomic E-state index is 5.67. The molecule has 18 heavy (non-hydrogen) atoms. The third kappa shape index (κ3) is 3.76. The summed E-state index contributed by atoms with van der Waals surface area (Å²) in [4.78, 5) is 7.96. The molecular formula is C12H22ClN3S2. The molecule has 0 amide bonds. The second-order valence-electron chi connectivity index (χ2n) is 4.61. The van der Waals surface area contributed by atoms with Gasteiger partial charge in [0, 0.05) is 41.2 Å². The summed E-state index contributed by atoms with van der Waals surface area (Å²) in [6.45, 7) is 8.01. The first kappa shape index (κ1) is 16.1. The van der Waals surface area contributed by atoms with Crippen molar-refractivity contribution < 1.29 is 0 Å². The van der Waals surface area contributed by atoms with E-state index in [0.717, 1.165) is 6.54 Å². The quantitative estimate of drug-likeness (QED) is 0.927. The topological polar surface area (TPSA) is 42.2 Å². The maximum atomic E-state index is 5.67. The molecule has 1 fully saturated rings. The first-order valence-corrected chi connectivity index (χ1v) is 8.04. The van der Waals surface area contributed by atoms with Crippen LogP contribution in [0.1, 0.15) is 31.6 Å². The smallest absolute Gasteiger partial charge is 0.180 e. The monoisotopic (exact) mass is 307 g/mol. The Balaban J connectivity index is 0.00000162. The van der Waals surface area contributed by atoms with E-state index in [1.807, 2.05) is 6.20 Å². The normalized spacial score (nSPS) is 19.4. The summed E-state index contributed by atoms with van der Waals surface area (Å²) in [6, 6.07) is 0. The van der Waals surface area contributed by atoms with Crippen LogP contribution in [0.3, 0.4) is 0 Å². The predicted molar refractivity (Wildman–Crippen MR) is 84.8 cm³/mol. The van der Waals surface area contributed by atoms with Gasteiger partial charge in [-0.1, -0.05) is 13.8 Å². The van der Waals surface area contributed by atoms with Gasteiger partial charge in [-0.2, -0.15) is 11.8 Å². The summed E-state index contributed by atoms with van der Waals surface area (Å²) < 4.78 is 0.467. The lowest BCUT2D eigenvalue weighted by Gasteiger charge is -2.41. The number of aromatic nitrogens is 1. The number of nitrogens with two attached hydrogens (primary N) is 1. The maximum Gasteiger partial charge on any atom is 0.180 e. The molecule has 0 radical (unpaired) electrons. The lowest BCUT2D eigenvalue weighted by molar-refractivity contribution is 0.235. The highest BCUT2D eigenvalue weighted by Crippen LogP contribution is 2.37. The van der Waals surface area contributed by atoms with E-state index in [1.165, 1.54) is 36.6 Å². The Morgan fingerprint density at radius 2 is 2.17 bits per heavy atom. The summed E-state index contributed by atoms with van der Waals surface area (Å²) in [6.07, 6.45) is 4.44. The Morgan fingerprint density at radius 1 is 1.44 bits per heavy atom. The van der Waals surface area contributed by atoms with Crippen molar-refractivity contribution >= 4 is 40.6 Å². The molecule has 6 heteroatoms. The number of hydrogen-bond acceptors (Lipinski definition) is 5. The molecule has 1 aromatic rings. The van der Waals surface area contributed by atoms with Gasteiger partial charge in [-0.15, -0.1) is 23.7 Å². The summed E-state index contributed by atoms with van der Waals surface area (Å²) in [5.74, 6) is 1.25. The second-order valence-corrected chi connectivity index (χ2v) is 7.32. The molecule has 0 bridgehead atoms. The molecule has 0 atom stereocenters. The van der Waals surface area contributed by atoms with Gasteiger partial charge < -0.3 is 5.73 Å². The van der Waals surface area contributed by atoms with Crippen molar-refractivity contribution in [3.8, 4) is 0 Å². The molecule has 104 valence electrons. The zero-order chi connectivity index (χ0) is 12.3. The lowest BCUT2D eigenvalue weighted by Crippen LogP contribution is -2.45. The zero-order valence-electron chi connectivity index (χ0n) is 11.0. The van der Waals surface area contributed by atoms with E-state index in [2.05, 4.69) is 35.5 Å². The molecule has 0 spiro atoms. The number of anilines is 1. The van der Waals surface area contributed by atoms with E-state index in [-0.39, 0.29) is 12.4 Å². The van der Waals surface area contributed by atoms with Crippen LogP contribution in [0.15, 0.2) is 6.20 Å². The number of nitrogen functional groups attached to an aromatic ring is 1. The van der Waals surface area contributed by atoms with E-state index < -0.39 is 0 Å². The first-order chi connectivity index (χ1) is 8.17. The van der Waals surface area contributed by atoms with Crippen LogP contribution in [0.25, 0.3) is 0 Å². The van der Waals surface area contributed by atoms with Gasteiger partial charge in [0.05, 0.1) is 0 Å². The number of rotatable bonds is 4. The van der Waals surface area contributed by atoms with Crippen LogP contribution in [0.5, 0.6) is 0 Å². The molecule has 3 nitrogen and oxygen atoms in total. The van der Waals surface area contributed by atoms with Gasteiger partial charge in [0.25, 0.3) is 0 Å². The molecule has 0 saturated carbocycles. The Hall–Kier alpha value is 0.0300. The summed E-state index contributed by atoms with van der Waals surface area (Å²) in [5.41, 5.74) is 5.67. The van der Waals surface area contributed by atoms with E-state index in [0.29, 0.717) is 9.88 Å². The molecule has 2 heterocycles. The lowest BCUT2D eigenvalue weighted by atomic mass is 10.0. The van der Waals surface area contributed by atoms with Gasteiger partial charge in [-0.25, -0.2) is 4.98 Å². The minimum absolute atomic E-state index is 0. The number of halogens is 1. The molecule has 0 aromatic carbocycles. The first-order valence-electron chi connectivity index (χ1n) is 6.24. The number of hydrogen-bond donors (Lipinski definition) is 1. The largest absolute Gasteiger partial charge is 0.375 e. The van der Waals surface area contributed by atoms with Crippen LogP contribution in [0, 0.1) is 0 Å². The van der Waals surface area contributed by atoms with Crippen molar-refractivity contribution in [2.45, 2.75) is 38.0 Å². The molecule has 2 N–H and O–H groups in total. The van der Waals surface area contributed by atoms with Crippen LogP contribution in [0.4, 0.5) is 5.13 Å². The van der Waals surface area contributed by atoms with Crippen LogP contribution >= 0.6 is 35.5 Å². The number of thioether (sulfide) groups is 1. The second kappa shape index (κ2) is 6.98. The fourth-order valence-electron chi connectivity index (χ4n) is 2.35. The van der Waals surface area contributed by atoms with Crippen molar-refractivity contribution in [2.75, 3.05) is 24.6 Å². The third-order valence-corrected chi connectivity index (χ3v) is 6.08. The standard InChI is InChI=1S/C12H21N3S2.ClH/c1-3-12(4-2)9-15(5-6-16-12)8-10-7-14-11(13)17-10;/h7H,3-6,8-9H2,1-2H3,(H2,13,14);1H. The number of nitrogens with zero attached hydrogens (tertiary/aromatic N) is 2. The van der Waals surface area contributed by atoms with Gasteiger partial charge in [0.1, 0.15) is 0 Å². The van der Waals surface area contributed by atoms with Crippen molar-refractivity contribution in [3.63, 3.8) is 0 Å². The molecule has 1 saturated heterocycles. The average Bonchev–Trinajstić information content (AvgIpc) is 2.75. The highest BCUT2D eigenvalue weighted by atomic mass is 35.5. The predicted octanol–water partition coefficient (Wildman–Crippen LogP) is 3.25. The minimum Gasteiger partial charge on any atom is -0.375 e. The van der Waals surface area contributed by atoms with Crippen molar-refractivity contribution in [1.82, 2.24) is 9.88 Å². The summed E-state index contributed by atoms with van der Waals surface area (Å²) in [5, 5.41) is 0.684. The van der Waals surface area contributed by atoms with Gasteiger partial charge in [0.15, 0.2) is 5.13 Å².